The largest absolute Gasteiger partial charge is 0.300 e. The van der Waals surface area contributed by atoms with Crippen LogP contribution in [0.4, 0.5) is 0 Å². The summed E-state index contributed by atoms with van der Waals surface area (Å²) in [6.45, 7) is 1.59. The Morgan fingerprint density at radius 2 is 2.29 bits per heavy atom. The molecule has 0 N–H and O–H groups in total. The fourth-order valence-electron chi connectivity index (χ4n) is 1.46. The molecular weight excluding hydrogens is 174 g/mol. The summed E-state index contributed by atoms with van der Waals surface area (Å²) in [6.07, 6.45) is 3.26. The molecule has 0 saturated carbocycles. The third-order valence-electron chi connectivity index (χ3n) is 2.07. The van der Waals surface area contributed by atoms with Gasteiger partial charge in [-0.3, -0.25) is 4.79 Å². The lowest BCUT2D eigenvalue weighted by Gasteiger charge is -1.99. The third-order valence-corrected chi connectivity index (χ3v) is 2.07. The molecule has 0 bridgehead atoms. The Morgan fingerprint density at radius 3 is 3.07 bits per heavy atom. The van der Waals surface area contributed by atoms with Gasteiger partial charge in [0.2, 0.25) is 0 Å². The number of fused-ring (bicyclic) bond motifs is 1. The van der Waals surface area contributed by atoms with Crippen LogP contribution in [-0.4, -0.2) is 10.8 Å². The fraction of sp³-hybridized carbons (Fsp3) is 0.167. The van der Waals surface area contributed by atoms with Gasteiger partial charge in [0.1, 0.15) is 5.78 Å². The summed E-state index contributed by atoms with van der Waals surface area (Å²) < 4.78 is 0. The number of carbonyl (C=O) groups is 1. The molecule has 0 aliphatic carbocycles. The molecule has 1 heterocycles. The van der Waals surface area contributed by atoms with Crippen molar-refractivity contribution in [1.29, 1.82) is 0 Å². The molecule has 0 atom stereocenters. The molecule has 0 unspecified atom stereocenters. The molecule has 2 heteroatoms. The monoisotopic (exact) mass is 184 g/mol. The van der Waals surface area contributed by atoms with Gasteiger partial charge in [-0.2, -0.15) is 0 Å². The van der Waals surface area contributed by atoms with Gasteiger partial charge in [0, 0.05) is 11.8 Å². The number of aromatic nitrogens is 1. The van der Waals surface area contributed by atoms with Crippen LogP contribution in [-0.2, 0) is 11.2 Å². The molecule has 69 valence electrons. The van der Waals surface area contributed by atoms with Crippen LogP contribution in [0.5, 0.6) is 0 Å². The van der Waals surface area contributed by atoms with E-state index in [9.17, 15) is 4.79 Å². The summed E-state index contributed by atoms with van der Waals surface area (Å²) >= 11 is 0. The first kappa shape index (κ1) is 8.88. The van der Waals surface area contributed by atoms with Gasteiger partial charge in [-0.05, 0) is 24.6 Å². The Labute approximate surface area is 82.6 Å². The van der Waals surface area contributed by atoms with Crippen LogP contribution in [0.3, 0.4) is 0 Å². The van der Waals surface area contributed by atoms with Gasteiger partial charge in [-0.15, -0.1) is 0 Å². The predicted molar refractivity (Wildman–Crippen MR) is 55.0 cm³/mol. The van der Waals surface area contributed by atoms with Crippen molar-refractivity contribution < 1.29 is 4.79 Å². The average molecular weight is 184 g/mol. The number of rotatable bonds is 2. The molecule has 0 aliphatic heterocycles. The van der Waals surface area contributed by atoms with Gasteiger partial charge in [0.25, 0.3) is 0 Å². The SMILES string of the molecule is CC(=O)Cc1ccc2cc[c]nc2c1. The maximum atomic E-state index is 10.9. The van der Waals surface area contributed by atoms with Crippen LogP contribution in [0.1, 0.15) is 12.5 Å². The lowest BCUT2D eigenvalue weighted by molar-refractivity contribution is -0.116. The second kappa shape index (κ2) is 3.58. The molecule has 0 fully saturated rings. The van der Waals surface area contributed by atoms with Crippen LogP contribution in [0.25, 0.3) is 10.9 Å². The van der Waals surface area contributed by atoms with Gasteiger partial charge in [0.15, 0.2) is 0 Å². The fourth-order valence-corrected chi connectivity index (χ4v) is 1.46. The van der Waals surface area contributed by atoms with E-state index in [2.05, 4.69) is 11.2 Å². The van der Waals surface area contributed by atoms with E-state index in [1.54, 1.807) is 13.0 Å². The van der Waals surface area contributed by atoms with Crippen molar-refractivity contribution in [2.45, 2.75) is 13.3 Å². The summed E-state index contributed by atoms with van der Waals surface area (Å²) in [6, 6.07) is 9.62. The first-order valence-corrected chi connectivity index (χ1v) is 4.51. The van der Waals surface area contributed by atoms with E-state index >= 15 is 0 Å². The van der Waals surface area contributed by atoms with Gasteiger partial charge >= 0.3 is 0 Å². The van der Waals surface area contributed by atoms with Crippen molar-refractivity contribution in [3.63, 3.8) is 0 Å². The minimum atomic E-state index is 0.171. The van der Waals surface area contributed by atoms with Crippen molar-refractivity contribution in [2.24, 2.45) is 0 Å². The first-order valence-electron chi connectivity index (χ1n) is 4.51. The van der Waals surface area contributed by atoms with Gasteiger partial charge < -0.3 is 0 Å². The quantitative estimate of drug-likeness (QED) is 0.716. The number of nitrogens with zero attached hydrogens (tertiary/aromatic N) is 1. The molecule has 1 aromatic heterocycles. The van der Waals surface area contributed by atoms with Crippen molar-refractivity contribution in [3.05, 3.63) is 42.1 Å². The van der Waals surface area contributed by atoms with E-state index in [4.69, 9.17) is 0 Å². The topological polar surface area (TPSA) is 30.0 Å². The minimum Gasteiger partial charge on any atom is -0.300 e. The van der Waals surface area contributed by atoms with Crippen molar-refractivity contribution in [1.82, 2.24) is 4.98 Å². The van der Waals surface area contributed by atoms with E-state index in [-0.39, 0.29) is 5.78 Å². The molecular formula is C12H10NO. The smallest absolute Gasteiger partial charge is 0.134 e. The number of Topliss-reactive ketones (excluding diaryl/α,β-unsaturated/α-hetero) is 1. The Morgan fingerprint density at radius 1 is 1.43 bits per heavy atom. The summed E-state index contributed by atoms with van der Waals surface area (Å²) in [5, 5.41) is 1.08. The van der Waals surface area contributed by atoms with Gasteiger partial charge in [0.05, 0.1) is 11.7 Å². The van der Waals surface area contributed by atoms with Gasteiger partial charge in [-0.1, -0.05) is 18.2 Å². The number of pyridine rings is 1. The van der Waals surface area contributed by atoms with E-state index in [1.807, 2.05) is 24.3 Å². The van der Waals surface area contributed by atoms with Crippen LogP contribution >= 0.6 is 0 Å². The molecule has 0 amide bonds. The maximum absolute atomic E-state index is 10.9. The lowest BCUT2D eigenvalue weighted by atomic mass is 10.1. The molecule has 1 aromatic carbocycles. The minimum absolute atomic E-state index is 0.171. The van der Waals surface area contributed by atoms with E-state index < -0.39 is 0 Å². The first-order chi connectivity index (χ1) is 6.75. The molecule has 0 aliphatic rings. The zero-order chi connectivity index (χ0) is 9.97. The Kier molecular flexibility index (Phi) is 2.27. The van der Waals surface area contributed by atoms with E-state index in [1.165, 1.54) is 0 Å². The molecule has 2 nitrogen and oxygen atoms in total. The zero-order valence-corrected chi connectivity index (χ0v) is 7.95. The zero-order valence-electron chi connectivity index (χ0n) is 7.95. The van der Waals surface area contributed by atoms with Gasteiger partial charge in [-0.25, -0.2) is 4.98 Å². The number of hydrogen-bond donors (Lipinski definition) is 0. The number of ketones is 1. The molecule has 14 heavy (non-hydrogen) atoms. The Bertz CT molecular complexity index is 476. The summed E-state index contributed by atoms with van der Waals surface area (Å²) in [7, 11) is 0. The normalized spacial score (nSPS) is 10.4. The number of hydrogen-bond acceptors (Lipinski definition) is 2. The summed E-state index contributed by atoms with van der Waals surface area (Å²) in [4.78, 5) is 15.0. The molecule has 0 spiro atoms. The second-order valence-corrected chi connectivity index (χ2v) is 3.35. The highest BCUT2D eigenvalue weighted by Gasteiger charge is 1.99. The number of benzene rings is 1. The highest BCUT2D eigenvalue weighted by atomic mass is 16.1. The van der Waals surface area contributed by atoms with E-state index in [0.717, 1.165) is 16.5 Å². The highest BCUT2D eigenvalue weighted by Crippen LogP contribution is 2.13. The summed E-state index contributed by atoms with van der Waals surface area (Å²) in [5.41, 5.74) is 1.91. The van der Waals surface area contributed by atoms with E-state index in [0.29, 0.717) is 6.42 Å². The highest BCUT2D eigenvalue weighted by molar-refractivity contribution is 5.82. The van der Waals surface area contributed by atoms with Crippen LogP contribution in [0, 0.1) is 6.20 Å². The molecule has 0 saturated heterocycles. The molecule has 2 rings (SSSR count). The molecule has 2 aromatic rings. The maximum Gasteiger partial charge on any atom is 0.134 e. The van der Waals surface area contributed by atoms with Crippen LogP contribution in [0.15, 0.2) is 30.3 Å². The van der Waals surface area contributed by atoms with Crippen molar-refractivity contribution in [3.8, 4) is 0 Å². The predicted octanol–water partition coefficient (Wildman–Crippen LogP) is 2.17. The van der Waals surface area contributed by atoms with Crippen LogP contribution in [0.2, 0.25) is 0 Å². The molecule has 1 radical (unpaired) electrons. The average Bonchev–Trinajstić information content (AvgIpc) is 2.17. The number of carbonyl (C=O) groups excluding carboxylic acids is 1. The van der Waals surface area contributed by atoms with Crippen molar-refractivity contribution in [2.75, 3.05) is 0 Å². The second-order valence-electron chi connectivity index (χ2n) is 3.35. The van der Waals surface area contributed by atoms with Crippen LogP contribution < -0.4 is 0 Å². The Balaban J connectivity index is 2.46. The van der Waals surface area contributed by atoms with Crippen molar-refractivity contribution >= 4 is 16.7 Å². The standard InChI is InChI=1S/C12H10NO/c1-9(14)7-10-4-5-11-3-2-6-13-12(11)8-10/h2-5,8H,7H2,1H3. The summed E-state index contributed by atoms with van der Waals surface area (Å²) in [5.74, 6) is 0.171. The lowest BCUT2D eigenvalue weighted by Crippen LogP contribution is -1.95. The third kappa shape index (κ3) is 1.79. The Hall–Kier alpha value is -1.70.